The third-order valence-corrected chi connectivity index (χ3v) is 1.76. The quantitative estimate of drug-likeness (QED) is 0.533. The van der Waals surface area contributed by atoms with Crippen LogP contribution in [0, 0.1) is 0 Å². The van der Waals surface area contributed by atoms with Crippen LogP contribution < -0.4 is 0 Å². The van der Waals surface area contributed by atoms with Crippen molar-refractivity contribution in [3.8, 4) is 0 Å². The van der Waals surface area contributed by atoms with E-state index in [1.807, 2.05) is 4.68 Å². The van der Waals surface area contributed by atoms with E-state index in [1.165, 1.54) is 5.57 Å². The van der Waals surface area contributed by atoms with E-state index >= 15 is 0 Å². The SMILES string of the molecule is CC1=CCCn2ncnc21. The third-order valence-electron chi connectivity index (χ3n) is 1.76. The molecule has 1 aliphatic heterocycles. The van der Waals surface area contributed by atoms with Gasteiger partial charge in [-0.3, -0.25) is 0 Å². The molecule has 0 atom stereocenters. The van der Waals surface area contributed by atoms with Gasteiger partial charge < -0.3 is 0 Å². The fraction of sp³-hybridized carbons (Fsp3) is 0.429. The number of hydrogen-bond acceptors (Lipinski definition) is 2. The number of allylic oxidation sites excluding steroid dienone is 2. The second kappa shape index (κ2) is 1.94. The minimum absolute atomic E-state index is 0.979. The van der Waals surface area contributed by atoms with Crippen molar-refractivity contribution in [3.05, 3.63) is 18.2 Å². The first-order valence-corrected chi connectivity index (χ1v) is 3.43. The zero-order valence-corrected chi connectivity index (χ0v) is 5.91. The van der Waals surface area contributed by atoms with Gasteiger partial charge in [0.15, 0.2) is 5.82 Å². The molecule has 0 spiro atoms. The van der Waals surface area contributed by atoms with Crippen molar-refractivity contribution in [1.29, 1.82) is 0 Å². The first-order valence-electron chi connectivity index (χ1n) is 3.43. The highest BCUT2D eigenvalue weighted by Gasteiger charge is 2.08. The summed E-state index contributed by atoms with van der Waals surface area (Å²) in [5, 5.41) is 4.07. The van der Waals surface area contributed by atoms with E-state index < -0.39 is 0 Å². The first-order chi connectivity index (χ1) is 4.88. The van der Waals surface area contributed by atoms with Gasteiger partial charge in [0, 0.05) is 6.54 Å². The molecule has 0 aliphatic carbocycles. The molecule has 0 N–H and O–H groups in total. The lowest BCUT2D eigenvalue weighted by molar-refractivity contribution is 0.602. The van der Waals surface area contributed by atoms with Crippen LogP contribution in [-0.2, 0) is 6.54 Å². The monoisotopic (exact) mass is 135 g/mol. The number of fused-ring (bicyclic) bond motifs is 1. The van der Waals surface area contributed by atoms with E-state index in [0.29, 0.717) is 0 Å². The molecular formula is C7H9N3. The molecule has 0 aromatic carbocycles. The summed E-state index contributed by atoms with van der Waals surface area (Å²) in [5.74, 6) is 1.02. The highest BCUT2D eigenvalue weighted by atomic mass is 15.3. The minimum Gasteiger partial charge on any atom is -0.246 e. The van der Waals surface area contributed by atoms with Crippen LogP contribution in [0.2, 0.25) is 0 Å². The molecule has 0 amide bonds. The van der Waals surface area contributed by atoms with Gasteiger partial charge in [0.25, 0.3) is 0 Å². The molecule has 2 heterocycles. The summed E-state index contributed by atoms with van der Waals surface area (Å²) in [5.41, 5.74) is 1.24. The van der Waals surface area contributed by atoms with Crippen LogP contribution in [0.15, 0.2) is 12.4 Å². The Morgan fingerprint density at radius 3 is 3.30 bits per heavy atom. The Morgan fingerprint density at radius 1 is 1.60 bits per heavy atom. The van der Waals surface area contributed by atoms with Crippen molar-refractivity contribution in [2.24, 2.45) is 0 Å². The number of aromatic nitrogens is 3. The summed E-state index contributed by atoms with van der Waals surface area (Å²) < 4.78 is 1.94. The average molecular weight is 135 g/mol. The predicted octanol–water partition coefficient (Wildman–Crippen LogP) is 1.09. The molecule has 2 rings (SSSR count). The van der Waals surface area contributed by atoms with Gasteiger partial charge in [0.2, 0.25) is 0 Å². The Morgan fingerprint density at radius 2 is 2.50 bits per heavy atom. The Labute approximate surface area is 59.4 Å². The van der Waals surface area contributed by atoms with Gasteiger partial charge in [-0.05, 0) is 18.9 Å². The summed E-state index contributed by atoms with van der Waals surface area (Å²) in [6.45, 7) is 3.05. The first kappa shape index (κ1) is 5.65. The maximum Gasteiger partial charge on any atom is 0.153 e. The lowest BCUT2D eigenvalue weighted by atomic mass is 10.2. The van der Waals surface area contributed by atoms with Gasteiger partial charge in [0.05, 0.1) is 0 Å². The largest absolute Gasteiger partial charge is 0.246 e. The summed E-state index contributed by atoms with van der Waals surface area (Å²) in [6, 6.07) is 0. The molecule has 1 aromatic rings. The summed E-state index contributed by atoms with van der Waals surface area (Å²) in [7, 11) is 0. The fourth-order valence-corrected chi connectivity index (χ4v) is 1.23. The van der Waals surface area contributed by atoms with Gasteiger partial charge in [-0.25, -0.2) is 9.67 Å². The molecule has 0 saturated heterocycles. The van der Waals surface area contributed by atoms with Crippen LogP contribution in [-0.4, -0.2) is 14.8 Å². The smallest absolute Gasteiger partial charge is 0.153 e. The van der Waals surface area contributed by atoms with Crippen molar-refractivity contribution in [3.63, 3.8) is 0 Å². The molecule has 10 heavy (non-hydrogen) atoms. The molecule has 3 heteroatoms. The number of nitrogens with zero attached hydrogens (tertiary/aromatic N) is 3. The Bertz CT molecular complexity index is 272. The van der Waals surface area contributed by atoms with Gasteiger partial charge in [-0.15, -0.1) is 0 Å². The van der Waals surface area contributed by atoms with Gasteiger partial charge >= 0.3 is 0 Å². The molecule has 0 saturated carbocycles. The summed E-state index contributed by atoms with van der Waals surface area (Å²) in [6.07, 6.45) is 4.89. The van der Waals surface area contributed by atoms with Crippen molar-refractivity contribution in [1.82, 2.24) is 14.8 Å². The van der Waals surface area contributed by atoms with Gasteiger partial charge in [0.1, 0.15) is 6.33 Å². The number of hydrogen-bond donors (Lipinski definition) is 0. The molecule has 0 bridgehead atoms. The zero-order valence-electron chi connectivity index (χ0n) is 5.91. The van der Waals surface area contributed by atoms with E-state index in [9.17, 15) is 0 Å². The number of rotatable bonds is 0. The number of aryl methyl sites for hydroxylation is 1. The minimum atomic E-state index is 0.979. The van der Waals surface area contributed by atoms with Crippen molar-refractivity contribution in [2.45, 2.75) is 19.9 Å². The molecule has 0 fully saturated rings. The highest BCUT2D eigenvalue weighted by Crippen LogP contribution is 2.15. The fourth-order valence-electron chi connectivity index (χ4n) is 1.23. The van der Waals surface area contributed by atoms with Crippen molar-refractivity contribution < 1.29 is 0 Å². The van der Waals surface area contributed by atoms with Crippen LogP contribution in [0.5, 0.6) is 0 Å². The van der Waals surface area contributed by atoms with Gasteiger partial charge in [-0.2, -0.15) is 5.10 Å². The molecule has 0 radical (unpaired) electrons. The second-order valence-corrected chi connectivity index (χ2v) is 2.48. The summed E-state index contributed by atoms with van der Waals surface area (Å²) in [4.78, 5) is 4.12. The lowest BCUT2D eigenvalue weighted by Crippen LogP contribution is -2.07. The zero-order chi connectivity index (χ0) is 6.97. The van der Waals surface area contributed by atoms with E-state index in [0.717, 1.165) is 18.8 Å². The second-order valence-electron chi connectivity index (χ2n) is 2.48. The Balaban J connectivity index is 2.55. The highest BCUT2D eigenvalue weighted by molar-refractivity contribution is 5.58. The van der Waals surface area contributed by atoms with E-state index in [4.69, 9.17) is 0 Å². The average Bonchev–Trinajstić information content (AvgIpc) is 2.36. The molecule has 1 aromatic heterocycles. The van der Waals surface area contributed by atoms with Crippen LogP contribution in [0.1, 0.15) is 19.2 Å². The standard InChI is InChI=1S/C7H9N3/c1-6-3-2-4-10-7(6)8-5-9-10/h3,5H,2,4H2,1H3. The van der Waals surface area contributed by atoms with E-state index in [-0.39, 0.29) is 0 Å². The molecule has 0 unspecified atom stereocenters. The predicted molar refractivity (Wildman–Crippen MR) is 38.3 cm³/mol. The van der Waals surface area contributed by atoms with E-state index in [2.05, 4.69) is 23.1 Å². The Kier molecular flexibility index (Phi) is 1.09. The molecular weight excluding hydrogens is 126 g/mol. The van der Waals surface area contributed by atoms with Crippen LogP contribution in [0.3, 0.4) is 0 Å². The van der Waals surface area contributed by atoms with Gasteiger partial charge in [-0.1, -0.05) is 6.08 Å². The molecule has 3 nitrogen and oxygen atoms in total. The van der Waals surface area contributed by atoms with Crippen LogP contribution in [0.4, 0.5) is 0 Å². The lowest BCUT2D eigenvalue weighted by Gasteiger charge is -2.09. The van der Waals surface area contributed by atoms with Crippen LogP contribution >= 0.6 is 0 Å². The molecule has 52 valence electrons. The van der Waals surface area contributed by atoms with Crippen molar-refractivity contribution in [2.75, 3.05) is 0 Å². The maximum atomic E-state index is 4.12. The van der Waals surface area contributed by atoms with Crippen LogP contribution in [0.25, 0.3) is 5.57 Å². The third kappa shape index (κ3) is 0.667. The Hall–Kier alpha value is -1.12. The normalized spacial score (nSPS) is 16.3. The molecule has 1 aliphatic rings. The topological polar surface area (TPSA) is 30.7 Å². The maximum absolute atomic E-state index is 4.12. The van der Waals surface area contributed by atoms with E-state index in [1.54, 1.807) is 6.33 Å². The summed E-state index contributed by atoms with van der Waals surface area (Å²) >= 11 is 0. The van der Waals surface area contributed by atoms with Crippen molar-refractivity contribution >= 4 is 5.57 Å².